The number of aromatic carboxylic acids is 1. The molecule has 1 heterocycles. The molecule has 0 atom stereocenters. The standard InChI is InChI=1S/C9H5IO3S/c10-7-5(9(12)13)2-1-4-6(11)3-14-8(4)7/h1-3,11H,(H,12,13). The molecule has 0 fully saturated rings. The van der Waals surface area contributed by atoms with Gasteiger partial charge in [0.05, 0.1) is 10.3 Å². The van der Waals surface area contributed by atoms with Crippen LogP contribution in [0.4, 0.5) is 0 Å². The Morgan fingerprint density at radius 2 is 2.14 bits per heavy atom. The second kappa shape index (κ2) is 3.39. The Hall–Kier alpha value is -0.820. The van der Waals surface area contributed by atoms with Crippen LogP contribution < -0.4 is 0 Å². The van der Waals surface area contributed by atoms with E-state index in [1.807, 2.05) is 22.6 Å². The number of hydrogen-bond donors (Lipinski definition) is 2. The van der Waals surface area contributed by atoms with Gasteiger partial charge in [0, 0.05) is 14.3 Å². The van der Waals surface area contributed by atoms with E-state index in [4.69, 9.17) is 5.11 Å². The van der Waals surface area contributed by atoms with Gasteiger partial charge >= 0.3 is 5.97 Å². The van der Waals surface area contributed by atoms with Gasteiger partial charge in [-0.15, -0.1) is 11.3 Å². The first kappa shape index (κ1) is 9.72. The summed E-state index contributed by atoms with van der Waals surface area (Å²) < 4.78 is 1.50. The van der Waals surface area contributed by atoms with E-state index in [-0.39, 0.29) is 11.3 Å². The molecule has 2 rings (SSSR count). The van der Waals surface area contributed by atoms with Crippen LogP contribution in [0.3, 0.4) is 0 Å². The third-order valence-electron chi connectivity index (χ3n) is 1.89. The van der Waals surface area contributed by atoms with E-state index in [0.717, 1.165) is 4.70 Å². The summed E-state index contributed by atoms with van der Waals surface area (Å²) in [6.45, 7) is 0. The maximum Gasteiger partial charge on any atom is 0.336 e. The third kappa shape index (κ3) is 1.36. The van der Waals surface area contributed by atoms with Crippen molar-refractivity contribution in [1.82, 2.24) is 0 Å². The lowest BCUT2D eigenvalue weighted by atomic mass is 10.2. The van der Waals surface area contributed by atoms with Crippen LogP contribution in [0, 0.1) is 3.57 Å². The van der Waals surface area contributed by atoms with Crippen molar-refractivity contribution >= 4 is 50.0 Å². The molecule has 0 saturated heterocycles. The minimum absolute atomic E-state index is 0.208. The summed E-state index contributed by atoms with van der Waals surface area (Å²) >= 11 is 3.34. The molecule has 0 aliphatic heterocycles. The zero-order chi connectivity index (χ0) is 10.3. The predicted molar refractivity (Wildman–Crippen MR) is 63.2 cm³/mol. The van der Waals surface area contributed by atoms with Gasteiger partial charge in [0.1, 0.15) is 5.75 Å². The number of rotatable bonds is 1. The van der Waals surface area contributed by atoms with Gasteiger partial charge < -0.3 is 10.2 Å². The monoisotopic (exact) mass is 320 g/mol. The van der Waals surface area contributed by atoms with Crippen molar-refractivity contribution in [3.8, 4) is 5.75 Å². The van der Waals surface area contributed by atoms with E-state index in [1.54, 1.807) is 11.4 Å². The number of carboxylic acid groups (broad SMARTS) is 1. The maximum absolute atomic E-state index is 10.8. The second-order valence-corrected chi connectivity index (χ2v) is 4.69. The average Bonchev–Trinajstić information content (AvgIpc) is 2.49. The molecule has 0 radical (unpaired) electrons. The lowest BCUT2D eigenvalue weighted by molar-refractivity contribution is 0.0696. The van der Waals surface area contributed by atoms with Crippen molar-refractivity contribution < 1.29 is 15.0 Å². The van der Waals surface area contributed by atoms with Crippen LogP contribution in [-0.2, 0) is 0 Å². The molecule has 2 aromatic rings. The molecule has 5 heteroatoms. The summed E-state index contributed by atoms with van der Waals surface area (Å²) in [5.41, 5.74) is 0.278. The Morgan fingerprint density at radius 1 is 1.43 bits per heavy atom. The summed E-state index contributed by atoms with van der Waals surface area (Å²) in [6, 6.07) is 3.14. The van der Waals surface area contributed by atoms with Crippen LogP contribution in [0.15, 0.2) is 17.5 Å². The first-order valence-electron chi connectivity index (χ1n) is 3.73. The average molecular weight is 320 g/mol. The van der Waals surface area contributed by atoms with Gasteiger partial charge in [-0.3, -0.25) is 0 Å². The van der Waals surface area contributed by atoms with Gasteiger partial charge in [-0.25, -0.2) is 4.79 Å². The quantitative estimate of drug-likeness (QED) is 0.795. The minimum Gasteiger partial charge on any atom is -0.506 e. The van der Waals surface area contributed by atoms with Gasteiger partial charge in [0.15, 0.2) is 0 Å². The highest BCUT2D eigenvalue weighted by molar-refractivity contribution is 14.1. The van der Waals surface area contributed by atoms with Crippen molar-refractivity contribution in [2.45, 2.75) is 0 Å². The zero-order valence-corrected chi connectivity index (χ0v) is 9.79. The van der Waals surface area contributed by atoms with E-state index in [2.05, 4.69) is 0 Å². The molecule has 3 nitrogen and oxygen atoms in total. The number of carboxylic acids is 1. The van der Waals surface area contributed by atoms with Crippen LogP contribution in [0.25, 0.3) is 10.1 Å². The molecule has 14 heavy (non-hydrogen) atoms. The molecule has 0 aliphatic carbocycles. The maximum atomic E-state index is 10.8. The molecule has 72 valence electrons. The first-order chi connectivity index (χ1) is 6.61. The third-order valence-corrected chi connectivity index (χ3v) is 4.38. The fraction of sp³-hybridized carbons (Fsp3) is 0. The molecule has 0 unspecified atom stereocenters. The van der Waals surface area contributed by atoms with Gasteiger partial charge in [-0.05, 0) is 34.7 Å². The van der Waals surface area contributed by atoms with Gasteiger partial charge in [-0.1, -0.05) is 0 Å². The van der Waals surface area contributed by atoms with Gasteiger partial charge in [0.25, 0.3) is 0 Å². The van der Waals surface area contributed by atoms with Crippen LogP contribution in [-0.4, -0.2) is 16.2 Å². The van der Waals surface area contributed by atoms with Crippen molar-refractivity contribution in [3.05, 3.63) is 26.6 Å². The highest BCUT2D eigenvalue weighted by Gasteiger charge is 2.13. The van der Waals surface area contributed by atoms with E-state index >= 15 is 0 Å². The normalized spacial score (nSPS) is 10.6. The Bertz CT molecular complexity index is 518. The number of aromatic hydroxyl groups is 1. The Balaban J connectivity index is 2.82. The van der Waals surface area contributed by atoms with E-state index in [0.29, 0.717) is 8.96 Å². The number of benzene rings is 1. The van der Waals surface area contributed by atoms with E-state index < -0.39 is 5.97 Å². The minimum atomic E-state index is -0.941. The van der Waals surface area contributed by atoms with E-state index in [1.165, 1.54) is 17.4 Å². The summed E-state index contributed by atoms with van der Waals surface area (Å²) in [5.74, 6) is -0.732. The predicted octanol–water partition coefficient (Wildman–Crippen LogP) is 2.91. The molecule has 0 bridgehead atoms. The fourth-order valence-electron chi connectivity index (χ4n) is 1.22. The number of thiophene rings is 1. The molecule has 0 aliphatic rings. The molecule has 0 amide bonds. The smallest absolute Gasteiger partial charge is 0.336 e. The van der Waals surface area contributed by atoms with Crippen LogP contribution in [0.2, 0.25) is 0 Å². The molecule has 1 aromatic carbocycles. The highest BCUT2D eigenvalue weighted by atomic mass is 127. The summed E-state index contributed by atoms with van der Waals surface area (Å²) in [4.78, 5) is 10.8. The molecule has 2 N–H and O–H groups in total. The number of hydrogen-bond acceptors (Lipinski definition) is 3. The van der Waals surface area contributed by atoms with Crippen molar-refractivity contribution in [3.63, 3.8) is 0 Å². The summed E-state index contributed by atoms with van der Waals surface area (Å²) in [7, 11) is 0. The topological polar surface area (TPSA) is 57.5 Å². The number of halogens is 1. The largest absolute Gasteiger partial charge is 0.506 e. The first-order valence-corrected chi connectivity index (χ1v) is 5.69. The van der Waals surface area contributed by atoms with Gasteiger partial charge in [-0.2, -0.15) is 0 Å². The van der Waals surface area contributed by atoms with Crippen LogP contribution in [0.5, 0.6) is 5.75 Å². The molecule has 0 saturated carbocycles. The summed E-state index contributed by atoms with van der Waals surface area (Å²) in [5, 5.41) is 20.6. The van der Waals surface area contributed by atoms with Crippen LogP contribution in [0.1, 0.15) is 10.4 Å². The van der Waals surface area contributed by atoms with E-state index in [9.17, 15) is 9.90 Å². The molecular formula is C9H5IO3S. The molecular weight excluding hydrogens is 315 g/mol. The number of carbonyl (C=O) groups is 1. The Morgan fingerprint density at radius 3 is 2.79 bits per heavy atom. The zero-order valence-electron chi connectivity index (χ0n) is 6.82. The second-order valence-electron chi connectivity index (χ2n) is 2.73. The van der Waals surface area contributed by atoms with Crippen molar-refractivity contribution in [1.29, 1.82) is 0 Å². The summed E-state index contributed by atoms with van der Waals surface area (Å²) in [6.07, 6.45) is 0. The Labute approximate surface area is 97.1 Å². The number of fused-ring (bicyclic) bond motifs is 1. The van der Waals surface area contributed by atoms with Crippen LogP contribution >= 0.6 is 33.9 Å². The lowest BCUT2D eigenvalue weighted by Gasteiger charge is -1.99. The SMILES string of the molecule is O=C(O)c1ccc2c(O)csc2c1I. The van der Waals surface area contributed by atoms with Crippen molar-refractivity contribution in [2.24, 2.45) is 0 Å². The Kier molecular flexibility index (Phi) is 2.36. The fourth-order valence-corrected chi connectivity index (χ4v) is 3.17. The lowest BCUT2D eigenvalue weighted by Crippen LogP contribution is -1.98. The molecule has 1 aromatic heterocycles. The van der Waals surface area contributed by atoms with Gasteiger partial charge in [0.2, 0.25) is 0 Å². The highest BCUT2D eigenvalue weighted by Crippen LogP contribution is 2.35. The van der Waals surface area contributed by atoms with Crippen molar-refractivity contribution in [2.75, 3.05) is 0 Å². The molecule has 0 spiro atoms.